The van der Waals surface area contributed by atoms with Gasteiger partial charge in [-0.1, -0.05) is 12.1 Å². The maximum Gasteiger partial charge on any atom is 0.416 e. The Bertz CT molecular complexity index is 619. The molecule has 4 atom stereocenters. The van der Waals surface area contributed by atoms with Gasteiger partial charge < -0.3 is 26.0 Å². The Balaban J connectivity index is 1.85. The molecule has 0 radical (unpaired) electrons. The monoisotopic (exact) mass is 360 g/mol. The highest BCUT2D eigenvalue weighted by molar-refractivity contribution is 5.91. The van der Waals surface area contributed by atoms with Crippen molar-refractivity contribution in [2.24, 2.45) is 0 Å². The maximum absolute atomic E-state index is 12.5. The number of nitrogens with one attached hydrogen (secondary N) is 2. The average molecular weight is 360 g/mol. The molecule has 1 heterocycles. The van der Waals surface area contributed by atoms with Gasteiger partial charge >= 0.3 is 6.18 Å². The first-order valence-electron chi connectivity index (χ1n) is 7.58. The number of alkyl halides is 3. The van der Waals surface area contributed by atoms with Crippen LogP contribution in [-0.2, 0) is 11.0 Å². The Morgan fingerprint density at radius 2 is 1.76 bits per heavy atom. The summed E-state index contributed by atoms with van der Waals surface area (Å²) in [5.74, 6) is -0.504. The number of benzene rings is 1. The van der Waals surface area contributed by atoms with E-state index >= 15 is 0 Å². The highest BCUT2D eigenvalue weighted by Gasteiger charge is 2.40. The lowest BCUT2D eigenvalue weighted by atomic mass is 10.1. The van der Waals surface area contributed by atoms with Gasteiger partial charge in [0.15, 0.2) is 0 Å². The average Bonchev–Trinajstić information content (AvgIpc) is 2.85. The van der Waals surface area contributed by atoms with Gasteiger partial charge in [-0.2, -0.15) is 13.2 Å². The minimum atomic E-state index is -4.41. The quantitative estimate of drug-likeness (QED) is 0.472. The van der Waals surface area contributed by atoms with E-state index in [0.717, 1.165) is 18.2 Å². The van der Waals surface area contributed by atoms with Crippen LogP contribution in [-0.4, -0.2) is 58.7 Å². The predicted octanol–water partition coefficient (Wildman–Crippen LogP) is -0.111. The van der Waals surface area contributed by atoms with Gasteiger partial charge in [0.05, 0.1) is 36.5 Å². The third-order valence-corrected chi connectivity index (χ3v) is 3.96. The molecule has 5 N–H and O–H groups in total. The van der Waals surface area contributed by atoms with Crippen molar-refractivity contribution in [3.05, 3.63) is 41.5 Å². The predicted molar refractivity (Wildman–Crippen MR) is 83.3 cm³/mol. The molecule has 0 aliphatic carbocycles. The molecule has 9 heteroatoms. The number of amides is 1. The largest absolute Gasteiger partial charge is 0.416 e. The van der Waals surface area contributed by atoms with Crippen LogP contribution in [0.3, 0.4) is 0 Å². The van der Waals surface area contributed by atoms with Crippen molar-refractivity contribution >= 4 is 12.0 Å². The van der Waals surface area contributed by atoms with Gasteiger partial charge in [0.2, 0.25) is 5.91 Å². The molecule has 1 fully saturated rings. The second-order valence-corrected chi connectivity index (χ2v) is 5.74. The van der Waals surface area contributed by atoms with Crippen LogP contribution in [0.2, 0.25) is 0 Å². The molecular weight excluding hydrogens is 341 g/mol. The Kier molecular flexibility index (Phi) is 6.17. The number of rotatable bonds is 5. The van der Waals surface area contributed by atoms with E-state index in [4.69, 9.17) is 5.11 Å². The van der Waals surface area contributed by atoms with E-state index in [2.05, 4.69) is 10.6 Å². The topological polar surface area (TPSA) is 102 Å². The number of carbonyl (C=O) groups is 1. The van der Waals surface area contributed by atoms with E-state index in [-0.39, 0.29) is 13.2 Å². The van der Waals surface area contributed by atoms with Gasteiger partial charge in [0.1, 0.15) is 0 Å². The third-order valence-electron chi connectivity index (χ3n) is 3.96. The van der Waals surface area contributed by atoms with Gasteiger partial charge in [0, 0.05) is 12.6 Å². The first kappa shape index (κ1) is 19.4. The SMILES string of the molecule is O=C(/C=C/c1ccc(C(F)(F)F)cc1)NC[C@H]1N[C@H](CO)[C@@H](O)[C@@H]1O. The summed E-state index contributed by atoms with van der Waals surface area (Å²) in [6.45, 7) is -0.332. The first-order chi connectivity index (χ1) is 11.7. The summed E-state index contributed by atoms with van der Waals surface area (Å²) >= 11 is 0. The van der Waals surface area contributed by atoms with E-state index < -0.39 is 41.9 Å². The lowest BCUT2D eigenvalue weighted by Crippen LogP contribution is -2.43. The van der Waals surface area contributed by atoms with Gasteiger partial charge in [0.25, 0.3) is 0 Å². The third kappa shape index (κ3) is 5.02. The van der Waals surface area contributed by atoms with Crippen LogP contribution in [0.15, 0.2) is 30.3 Å². The standard InChI is InChI=1S/C16H19F3N2O4/c17-16(18,19)10-4-1-9(2-5-10)3-6-13(23)20-7-11-14(24)15(25)12(8-22)21-11/h1-6,11-12,14-15,21-22,24-25H,7-8H2,(H,20,23)/b6-3+/t11-,12-,14-,15-/m1/s1. The lowest BCUT2D eigenvalue weighted by molar-refractivity contribution is -0.137. The number of halogens is 3. The Morgan fingerprint density at radius 1 is 1.16 bits per heavy atom. The zero-order valence-corrected chi connectivity index (χ0v) is 13.1. The molecule has 2 rings (SSSR count). The Morgan fingerprint density at radius 3 is 2.28 bits per heavy atom. The van der Waals surface area contributed by atoms with E-state index in [1.165, 1.54) is 18.2 Å². The van der Waals surface area contributed by atoms with Crippen LogP contribution in [0.1, 0.15) is 11.1 Å². The van der Waals surface area contributed by atoms with Crippen LogP contribution >= 0.6 is 0 Å². The van der Waals surface area contributed by atoms with E-state index in [1.807, 2.05) is 0 Å². The van der Waals surface area contributed by atoms with Crippen molar-refractivity contribution in [2.45, 2.75) is 30.5 Å². The summed E-state index contributed by atoms with van der Waals surface area (Å²) in [5, 5.41) is 33.8. The minimum Gasteiger partial charge on any atom is -0.395 e. The molecule has 6 nitrogen and oxygen atoms in total. The number of aliphatic hydroxyl groups excluding tert-OH is 3. The molecule has 1 amide bonds. The molecule has 0 unspecified atom stereocenters. The highest BCUT2D eigenvalue weighted by atomic mass is 19.4. The summed E-state index contributed by atoms with van der Waals surface area (Å²) in [6.07, 6.45) is -4.15. The zero-order valence-electron chi connectivity index (χ0n) is 13.1. The molecular formula is C16H19F3N2O4. The van der Waals surface area contributed by atoms with Gasteiger partial charge in [-0.25, -0.2) is 0 Å². The number of hydrogen-bond donors (Lipinski definition) is 5. The minimum absolute atomic E-state index is 0.0188. The zero-order chi connectivity index (χ0) is 18.6. The molecule has 0 bridgehead atoms. The summed E-state index contributed by atoms with van der Waals surface area (Å²) in [5.41, 5.74) is -0.342. The number of carbonyl (C=O) groups excluding carboxylic acids is 1. The molecule has 0 spiro atoms. The van der Waals surface area contributed by atoms with Crippen molar-refractivity contribution in [1.29, 1.82) is 0 Å². The molecule has 0 saturated carbocycles. The van der Waals surface area contributed by atoms with Crippen LogP contribution < -0.4 is 10.6 Å². The number of hydrogen-bond acceptors (Lipinski definition) is 5. The normalized spacial score (nSPS) is 27.0. The first-order valence-corrected chi connectivity index (χ1v) is 7.58. The van der Waals surface area contributed by atoms with Gasteiger partial charge in [-0.3, -0.25) is 4.79 Å². The summed E-state index contributed by atoms with van der Waals surface area (Å²) < 4.78 is 37.4. The van der Waals surface area contributed by atoms with E-state index in [1.54, 1.807) is 0 Å². The van der Waals surface area contributed by atoms with Crippen LogP contribution in [0.5, 0.6) is 0 Å². The molecule has 1 aromatic carbocycles. The fourth-order valence-corrected chi connectivity index (χ4v) is 2.51. The molecule has 1 aromatic rings. The summed E-state index contributed by atoms with van der Waals surface area (Å²) in [7, 11) is 0. The molecule has 1 aliphatic rings. The van der Waals surface area contributed by atoms with Crippen molar-refractivity contribution in [3.63, 3.8) is 0 Å². The fraction of sp³-hybridized carbons (Fsp3) is 0.438. The van der Waals surface area contributed by atoms with Crippen LogP contribution in [0.25, 0.3) is 6.08 Å². The van der Waals surface area contributed by atoms with Gasteiger partial charge in [-0.15, -0.1) is 0 Å². The van der Waals surface area contributed by atoms with E-state index in [0.29, 0.717) is 5.56 Å². The Hall–Kier alpha value is -1.94. The van der Waals surface area contributed by atoms with Crippen LogP contribution in [0.4, 0.5) is 13.2 Å². The van der Waals surface area contributed by atoms with Crippen molar-refractivity contribution in [2.75, 3.05) is 13.2 Å². The van der Waals surface area contributed by atoms with Crippen LogP contribution in [0, 0.1) is 0 Å². The molecule has 138 valence electrons. The van der Waals surface area contributed by atoms with E-state index in [9.17, 15) is 28.2 Å². The molecule has 25 heavy (non-hydrogen) atoms. The molecule has 0 aromatic heterocycles. The maximum atomic E-state index is 12.5. The van der Waals surface area contributed by atoms with Gasteiger partial charge in [-0.05, 0) is 23.8 Å². The highest BCUT2D eigenvalue weighted by Crippen LogP contribution is 2.29. The number of aliphatic hydroxyl groups is 3. The second-order valence-electron chi connectivity index (χ2n) is 5.74. The lowest BCUT2D eigenvalue weighted by Gasteiger charge is -2.15. The smallest absolute Gasteiger partial charge is 0.395 e. The molecule has 1 aliphatic heterocycles. The molecule has 1 saturated heterocycles. The van der Waals surface area contributed by atoms with Crippen molar-refractivity contribution in [1.82, 2.24) is 10.6 Å². The summed E-state index contributed by atoms with van der Waals surface area (Å²) in [4.78, 5) is 11.7. The van der Waals surface area contributed by atoms with Crippen molar-refractivity contribution < 1.29 is 33.3 Å². The summed E-state index contributed by atoms with van der Waals surface area (Å²) in [6, 6.07) is 3.06. The van der Waals surface area contributed by atoms with Crippen molar-refractivity contribution in [3.8, 4) is 0 Å². The second kappa shape index (κ2) is 7.96. The Labute approximate surface area is 142 Å². The fourth-order valence-electron chi connectivity index (χ4n) is 2.51.